The lowest BCUT2D eigenvalue weighted by molar-refractivity contribution is -0.670. The van der Waals surface area contributed by atoms with E-state index in [9.17, 15) is 4.39 Å². The average Bonchev–Trinajstić information content (AvgIpc) is 2.46. The highest BCUT2D eigenvalue weighted by atomic mass is 19.1. The smallest absolute Gasteiger partial charge is 0.123 e. The summed E-state index contributed by atoms with van der Waals surface area (Å²) in [7, 11) is 1.70. The maximum atomic E-state index is 13.1. The SMILES string of the molecule is COc1cc(C)c(C[NH2+]CCc2cccc(F)c2)cc1C. The Morgan fingerprint density at radius 1 is 1.10 bits per heavy atom. The molecule has 0 unspecified atom stereocenters. The molecule has 0 heterocycles. The van der Waals surface area contributed by atoms with Gasteiger partial charge in [0, 0.05) is 12.0 Å². The van der Waals surface area contributed by atoms with Crippen molar-refractivity contribution in [3.8, 4) is 5.75 Å². The highest BCUT2D eigenvalue weighted by molar-refractivity contribution is 5.41. The van der Waals surface area contributed by atoms with Gasteiger partial charge >= 0.3 is 0 Å². The lowest BCUT2D eigenvalue weighted by Gasteiger charge is -2.10. The summed E-state index contributed by atoms with van der Waals surface area (Å²) in [5, 5.41) is 2.26. The molecular weight excluding hydrogens is 265 g/mol. The zero-order chi connectivity index (χ0) is 15.2. The monoisotopic (exact) mass is 288 g/mol. The van der Waals surface area contributed by atoms with E-state index in [-0.39, 0.29) is 5.82 Å². The van der Waals surface area contributed by atoms with Crippen LogP contribution in [0.15, 0.2) is 36.4 Å². The third kappa shape index (κ3) is 4.30. The highest BCUT2D eigenvalue weighted by Gasteiger charge is 2.06. The number of hydrogen-bond acceptors (Lipinski definition) is 1. The van der Waals surface area contributed by atoms with E-state index >= 15 is 0 Å². The summed E-state index contributed by atoms with van der Waals surface area (Å²) in [4.78, 5) is 0. The summed E-state index contributed by atoms with van der Waals surface area (Å²) in [6, 6.07) is 11.1. The number of halogens is 1. The van der Waals surface area contributed by atoms with Gasteiger partial charge < -0.3 is 10.1 Å². The normalized spacial score (nSPS) is 10.7. The molecule has 2 rings (SSSR count). The maximum Gasteiger partial charge on any atom is 0.123 e. The molecule has 2 aromatic rings. The number of aryl methyl sites for hydroxylation is 2. The first kappa shape index (κ1) is 15.5. The summed E-state index contributed by atoms with van der Waals surface area (Å²) in [6.07, 6.45) is 0.881. The molecule has 0 radical (unpaired) electrons. The van der Waals surface area contributed by atoms with Crippen LogP contribution in [0.5, 0.6) is 5.75 Å². The van der Waals surface area contributed by atoms with Crippen LogP contribution in [0.2, 0.25) is 0 Å². The Hall–Kier alpha value is -1.87. The van der Waals surface area contributed by atoms with Crippen LogP contribution in [0.3, 0.4) is 0 Å². The Morgan fingerprint density at radius 2 is 1.90 bits per heavy atom. The molecule has 112 valence electrons. The fraction of sp³-hybridized carbons (Fsp3) is 0.333. The summed E-state index contributed by atoms with van der Waals surface area (Å²) in [6.45, 7) is 6.06. The predicted octanol–water partition coefficient (Wildman–Crippen LogP) is 2.76. The molecule has 0 aromatic heterocycles. The van der Waals surface area contributed by atoms with Gasteiger partial charge in [-0.1, -0.05) is 12.1 Å². The van der Waals surface area contributed by atoms with Gasteiger partial charge in [-0.2, -0.15) is 0 Å². The second kappa shape index (κ2) is 7.23. The molecule has 2 nitrogen and oxygen atoms in total. The van der Waals surface area contributed by atoms with Gasteiger partial charge in [-0.25, -0.2) is 4.39 Å². The molecule has 2 aromatic carbocycles. The largest absolute Gasteiger partial charge is 0.496 e. The van der Waals surface area contributed by atoms with E-state index in [4.69, 9.17) is 4.74 Å². The lowest BCUT2D eigenvalue weighted by Crippen LogP contribution is -2.83. The van der Waals surface area contributed by atoms with Crippen molar-refractivity contribution in [2.24, 2.45) is 0 Å². The van der Waals surface area contributed by atoms with E-state index in [2.05, 4.69) is 31.3 Å². The van der Waals surface area contributed by atoms with Crippen molar-refractivity contribution in [3.63, 3.8) is 0 Å². The Balaban J connectivity index is 1.88. The molecule has 0 amide bonds. The first-order valence-electron chi connectivity index (χ1n) is 7.30. The molecule has 0 saturated heterocycles. The second-order valence-electron chi connectivity index (χ2n) is 5.41. The molecule has 0 bridgehead atoms. The summed E-state index contributed by atoms with van der Waals surface area (Å²) in [5.74, 6) is 0.783. The molecule has 2 N–H and O–H groups in total. The van der Waals surface area contributed by atoms with E-state index in [0.717, 1.165) is 36.4 Å². The van der Waals surface area contributed by atoms with Crippen LogP contribution >= 0.6 is 0 Å². The zero-order valence-corrected chi connectivity index (χ0v) is 12.9. The van der Waals surface area contributed by atoms with E-state index in [1.165, 1.54) is 17.2 Å². The molecule has 3 heteroatoms. The van der Waals surface area contributed by atoms with Crippen LogP contribution in [0.1, 0.15) is 22.3 Å². The minimum Gasteiger partial charge on any atom is -0.496 e. The van der Waals surface area contributed by atoms with Gasteiger partial charge in [-0.3, -0.25) is 0 Å². The molecular formula is C18H23FNO+. The lowest BCUT2D eigenvalue weighted by atomic mass is 10.0. The molecule has 0 aliphatic carbocycles. The molecule has 0 fully saturated rings. The predicted molar refractivity (Wildman–Crippen MR) is 83.1 cm³/mol. The van der Waals surface area contributed by atoms with E-state index < -0.39 is 0 Å². The van der Waals surface area contributed by atoms with Gasteiger partial charge in [-0.15, -0.1) is 0 Å². The highest BCUT2D eigenvalue weighted by Crippen LogP contribution is 2.21. The van der Waals surface area contributed by atoms with Crippen molar-refractivity contribution in [1.82, 2.24) is 0 Å². The molecule has 0 aliphatic rings. The Bertz CT molecular complexity index is 610. The fourth-order valence-corrected chi connectivity index (χ4v) is 2.51. The number of quaternary nitrogens is 1. The number of ether oxygens (including phenoxy) is 1. The quantitative estimate of drug-likeness (QED) is 0.813. The van der Waals surface area contributed by atoms with Crippen LogP contribution in [-0.4, -0.2) is 13.7 Å². The summed E-state index contributed by atoms with van der Waals surface area (Å²) < 4.78 is 18.4. The number of methoxy groups -OCH3 is 1. The molecule has 21 heavy (non-hydrogen) atoms. The number of hydrogen-bond donors (Lipinski definition) is 1. The first-order valence-corrected chi connectivity index (χ1v) is 7.30. The third-order valence-corrected chi connectivity index (χ3v) is 3.74. The fourth-order valence-electron chi connectivity index (χ4n) is 2.51. The minimum absolute atomic E-state index is 0.158. The number of benzene rings is 2. The molecule has 0 aliphatic heterocycles. The standard InChI is InChI=1S/C18H22FNO/c1-13-10-18(21-3)14(2)9-16(13)12-20-8-7-15-5-4-6-17(19)11-15/h4-6,9-11,20H,7-8,12H2,1-3H3/p+1. The van der Waals surface area contributed by atoms with Crippen LogP contribution in [-0.2, 0) is 13.0 Å². The number of rotatable bonds is 6. The first-order chi connectivity index (χ1) is 10.1. The Kier molecular flexibility index (Phi) is 5.34. The van der Waals surface area contributed by atoms with E-state index in [1.54, 1.807) is 19.2 Å². The third-order valence-electron chi connectivity index (χ3n) is 3.74. The zero-order valence-electron chi connectivity index (χ0n) is 12.9. The molecule has 0 spiro atoms. The van der Waals surface area contributed by atoms with Crippen LogP contribution < -0.4 is 10.1 Å². The van der Waals surface area contributed by atoms with Crippen molar-refractivity contribution in [1.29, 1.82) is 0 Å². The van der Waals surface area contributed by atoms with Crippen molar-refractivity contribution < 1.29 is 14.4 Å². The summed E-state index contributed by atoms with van der Waals surface area (Å²) >= 11 is 0. The van der Waals surface area contributed by atoms with Gasteiger partial charge in [-0.05, 0) is 54.8 Å². The maximum absolute atomic E-state index is 13.1. The van der Waals surface area contributed by atoms with Crippen molar-refractivity contribution >= 4 is 0 Å². The minimum atomic E-state index is -0.158. The topological polar surface area (TPSA) is 25.8 Å². The second-order valence-corrected chi connectivity index (χ2v) is 5.41. The van der Waals surface area contributed by atoms with Gasteiger partial charge in [0.2, 0.25) is 0 Å². The van der Waals surface area contributed by atoms with Gasteiger partial charge in [0.15, 0.2) is 0 Å². The van der Waals surface area contributed by atoms with Gasteiger partial charge in [0.1, 0.15) is 18.1 Å². The molecule has 0 saturated carbocycles. The Labute approximate surface area is 126 Å². The van der Waals surface area contributed by atoms with Crippen LogP contribution in [0.4, 0.5) is 4.39 Å². The van der Waals surface area contributed by atoms with E-state index in [1.807, 2.05) is 6.07 Å². The Morgan fingerprint density at radius 3 is 2.62 bits per heavy atom. The summed E-state index contributed by atoms with van der Waals surface area (Å²) in [5.41, 5.74) is 4.79. The molecule has 0 atom stereocenters. The average molecular weight is 288 g/mol. The number of nitrogens with two attached hydrogens (primary N) is 1. The van der Waals surface area contributed by atoms with Crippen LogP contribution in [0, 0.1) is 19.7 Å². The van der Waals surface area contributed by atoms with Gasteiger partial charge in [0.25, 0.3) is 0 Å². The van der Waals surface area contributed by atoms with Crippen molar-refractivity contribution in [2.45, 2.75) is 26.8 Å². The van der Waals surface area contributed by atoms with Crippen LogP contribution in [0.25, 0.3) is 0 Å². The van der Waals surface area contributed by atoms with Crippen molar-refractivity contribution in [2.75, 3.05) is 13.7 Å². The van der Waals surface area contributed by atoms with E-state index in [0.29, 0.717) is 0 Å². The van der Waals surface area contributed by atoms with Crippen molar-refractivity contribution in [3.05, 3.63) is 64.5 Å². The van der Waals surface area contributed by atoms with Gasteiger partial charge in [0.05, 0.1) is 13.7 Å².